The van der Waals surface area contributed by atoms with E-state index in [1.54, 1.807) is 0 Å². The summed E-state index contributed by atoms with van der Waals surface area (Å²) in [5.41, 5.74) is 1.20. The Balaban J connectivity index is 2.10. The zero-order chi connectivity index (χ0) is 13.9. The Morgan fingerprint density at radius 1 is 1.32 bits per heavy atom. The van der Waals surface area contributed by atoms with Crippen molar-refractivity contribution in [2.75, 3.05) is 7.11 Å². The number of rotatable bonds is 4. The summed E-state index contributed by atoms with van der Waals surface area (Å²) < 4.78 is 35.1. The molecule has 0 aromatic heterocycles. The Labute approximate surface area is 111 Å². The van der Waals surface area contributed by atoms with E-state index in [4.69, 9.17) is 0 Å². The van der Waals surface area contributed by atoms with E-state index >= 15 is 0 Å². The average molecular weight is 283 g/mol. The minimum Gasteiger partial charge on any atom is -0.467 e. The highest BCUT2D eigenvalue weighted by Crippen LogP contribution is 2.19. The van der Waals surface area contributed by atoms with Gasteiger partial charge in [0.1, 0.15) is 0 Å². The normalized spacial score (nSPS) is 20.9. The van der Waals surface area contributed by atoms with E-state index in [2.05, 4.69) is 13.3 Å². The predicted octanol–water partition coefficient (Wildman–Crippen LogP) is 0.877. The molecule has 19 heavy (non-hydrogen) atoms. The van der Waals surface area contributed by atoms with Crippen LogP contribution in [0.3, 0.4) is 0 Å². The van der Waals surface area contributed by atoms with Gasteiger partial charge in [-0.25, -0.2) is 8.98 Å². The van der Waals surface area contributed by atoms with Crippen LogP contribution in [0.15, 0.2) is 34.7 Å². The van der Waals surface area contributed by atoms with Crippen LogP contribution in [-0.4, -0.2) is 33.3 Å². The average Bonchev–Trinajstić information content (AvgIpc) is 2.72. The smallest absolute Gasteiger partial charge is 0.382 e. The first kappa shape index (κ1) is 13.7. The maximum Gasteiger partial charge on any atom is 0.382 e. The molecular formula is C12H13NO5S. The Kier molecular flexibility index (Phi) is 3.96. The second kappa shape index (κ2) is 5.50. The van der Waals surface area contributed by atoms with E-state index < -0.39 is 22.4 Å². The van der Waals surface area contributed by atoms with Gasteiger partial charge < -0.3 is 4.74 Å². The summed E-state index contributed by atoms with van der Waals surface area (Å²) in [5.74, 6) is -0.757. The van der Waals surface area contributed by atoms with Crippen LogP contribution in [0, 0.1) is 0 Å². The molecule has 2 rings (SSSR count). The maximum absolute atomic E-state index is 11.4. The first-order chi connectivity index (χ1) is 9.02. The molecule has 1 unspecified atom stereocenters. The number of methoxy groups -OCH3 is 1. The number of benzene rings is 1. The molecule has 1 atom stereocenters. The second-order valence-corrected chi connectivity index (χ2v) is 5.23. The van der Waals surface area contributed by atoms with Crippen molar-refractivity contribution >= 4 is 22.0 Å². The molecule has 0 fully saturated rings. The van der Waals surface area contributed by atoms with Gasteiger partial charge in [0.05, 0.1) is 12.8 Å². The second-order valence-electron chi connectivity index (χ2n) is 4.00. The van der Waals surface area contributed by atoms with Crippen molar-refractivity contribution in [1.82, 2.24) is 0 Å². The molecule has 0 saturated carbocycles. The summed E-state index contributed by atoms with van der Waals surface area (Å²) in [7, 11) is -2.84. The summed E-state index contributed by atoms with van der Waals surface area (Å²) in [4.78, 5) is 11.4. The minimum atomic E-state index is -4.02. The van der Waals surface area contributed by atoms with Crippen LogP contribution in [0.5, 0.6) is 0 Å². The fourth-order valence-corrected chi connectivity index (χ4v) is 2.72. The molecule has 0 amide bonds. The number of carbonyl (C=O) groups excluding carboxylic acids is 1. The first-order valence-corrected chi connectivity index (χ1v) is 7.02. The largest absolute Gasteiger partial charge is 0.467 e. The van der Waals surface area contributed by atoms with Crippen LogP contribution in [-0.2, 0) is 30.4 Å². The zero-order valence-electron chi connectivity index (χ0n) is 10.3. The summed E-state index contributed by atoms with van der Waals surface area (Å²) >= 11 is 0. The quantitative estimate of drug-likeness (QED) is 0.766. The van der Waals surface area contributed by atoms with Crippen LogP contribution < -0.4 is 0 Å². The molecule has 0 radical (unpaired) electrons. The third kappa shape index (κ3) is 3.39. The molecule has 1 aromatic rings. The third-order valence-electron chi connectivity index (χ3n) is 2.68. The standard InChI is InChI=1S/C12H13NO5S/c1-17-12(14)11-10(13-19(15,16)18-11)8-7-9-5-3-2-4-6-9/h2-6,11H,7-8H2,1H3. The van der Waals surface area contributed by atoms with Crippen LogP contribution in [0.4, 0.5) is 0 Å². The van der Waals surface area contributed by atoms with E-state index in [9.17, 15) is 13.2 Å². The molecule has 1 aliphatic heterocycles. The molecular weight excluding hydrogens is 270 g/mol. The molecule has 102 valence electrons. The molecule has 1 aliphatic rings. The van der Waals surface area contributed by atoms with Gasteiger partial charge >= 0.3 is 16.3 Å². The number of hydrogen-bond acceptors (Lipinski definition) is 5. The predicted molar refractivity (Wildman–Crippen MR) is 68.0 cm³/mol. The molecule has 0 spiro atoms. The lowest BCUT2D eigenvalue weighted by atomic mass is 10.0. The lowest BCUT2D eigenvalue weighted by Gasteiger charge is -2.08. The molecule has 0 aliphatic carbocycles. The molecule has 0 bridgehead atoms. The Morgan fingerprint density at radius 2 is 2.00 bits per heavy atom. The third-order valence-corrected chi connectivity index (χ3v) is 3.57. The number of carbonyl (C=O) groups is 1. The van der Waals surface area contributed by atoms with Crippen LogP contribution in [0.25, 0.3) is 0 Å². The molecule has 0 saturated heterocycles. The Hall–Kier alpha value is -1.73. The molecule has 0 N–H and O–H groups in total. The van der Waals surface area contributed by atoms with Crippen molar-refractivity contribution in [3.63, 3.8) is 0 Å². The van der Waals surface area contributed by atoms with Crippen molar-refractivity contribution in [1.29, 1.82) is 0 Å². The van der Waals surface area contributed by atoms with Crippen molar-refractivity contribution in [2.45, 2.75) is 18.9 Å². The lowest BCUT2D eigenvalue weighted by Crippen LogP contribution is -2.30. The molecule has 6 nitrogen and oxygen atoms in total. The number of ether oxygens (including phenoxy) is 1. The monoisotopic (exact) mass is 283 g/mol. The fourth-order valence-electron chi connectivity index (χ4n) is 1.77. The van der Waals surface area contributed by atoms with E-state index in [1.165, 1.54) is 7.11 Å². The van der Waals surface area contributed by atoms with E-state index in [0.717, 1.165) is 5.56 Å². The van der Waals surface area contributed by atoms with Crippen molar-refractivity contribution in [2.24, 2.45) is 4.40 Å². The lowest BCUT2D eigenvalue weighted by molar-refractivity contribution is -0.145. The van der Waals surface area contributed by atoms with Crippen molar-refractivity contribution in [3.8, 4) is 0 Å². The molecule has 1 aromatic carbocycles. The number of nitrogens with zero attached hydrogens (tertiary/aromatic N) is 1. The highest BCUT2D eigenvalue weighted by Gasteiger charge is 2.38. The zero-order valence-corrected chi connectivity index (χ0v) is 11.1. The maximum atomic E-state index is 11.4. The van der Waals surface area contributed by atoms with Gasteiger partial charge in [0, 0.05) is 0 Å². The van der Waals surface area contributed by atoms with E-state index in [-0.39, 0.29) is 5.71 Å². The van der Waals surface area contributed by atoms with Gasteiger partial charge in [-0.1, -0.05) is 30.3 Å². The van der Waals surface area contributed by atoms with Gasteiger partial charge in [0.15, 0.2) is 0 Å². The number of hydrogen-bond donors (Lipinski definition) is 0. The van der Waals surface area contributed by atoms with Crippen LogP contribution >= 0.6 is 0 Å². The van der Waals surface area contributed by atoms with Crippen molar-refractivity contribution < 1.29 is 22.1 Å². The Morgan fingerprint density at radius 3 is 2.63 bits per heavy atom. The summed E-state index contributed by atoms with van der Waals surface area (Å²) in [6.07, 6.45) is -0.353. The van der Waals surface area contributed by atoms with Crippen LogP contribution in [0.1, 0.15) is 12.0 Å². The van der Waals surface area contributed by atoms with E-state index in [0.29, 0.717) is 12.8 Å². The van der Waals surface area contributed by atoms with Crippen LogP contribution in [0.2, 0.25) is 0 Å². The summed E-state index contributed by atoms with van der Waals surface area (Å²) in [5, 5.41) is 0. The fraction of sp³-hybridized carbons (Fsp3) is 0.333. The Bertz CT molecular complexity index is 594. The number of aryl methyl sites for hydroxylation is 1. The summed E-state index contributed by atoms with van der Waals surface area (Å²) in [6, 6.07) is 9.49. The molecule has 1 heterocycles. The SMILES string of the molecule is COC(=O)C1OS(=O)(=O)N=C1CCc1ccccc1. The topological polar surface area (TPSA) is 82.0 Å². The van der Waals surface area contributed by atoms with Gasteiger partial charge in [-0.3, -0.25) is 0 Å². The van der Waals surface area contributed by atoms with E-state index in [1.807, 2.05) is 30.3 Å². The number of esters is 1. The summed E-state index contributed by atoms with van der Waals surface area (Å²) in [6.45, 7) is 0. The highest BCUT2D eigenvalue weighted by atomic mass is 32.2. The van der Waals surface area contributed by atoms with Gasteiger partial charge in [-0.2, -0.15) is 8.42 Å². The van der Waals surface area contributed by atoms with Gasteiger partial charge in [0.2, 0.25) is 6.10 Å². The van der Waals surface area contributed by atoms with Gasteiger partial charge in [-0.05, 0) is 18.4 Å². The van der Waals surface area contributed by atoms with Gasteiger partial charge in [-0.15, -0.1) is 4.40 Å². The van der Waals surface area contributed by atoms with Gasteiger partial charge in [0.25, 0.3) is 0 Å². The molecule has 7 heteroatoms. The first-order valence-electron chi connectivity index (χ1n) is 5.65. The van der Waals surface area contributed by atoms with Crippen molar-refractivity contribution in [3.05, 3.63) is 35.9 Å². The highest BCUT2D eigenvalue weighted by molar-refractivity contribution is 7.85. The minimum absolute atomic E-state index is 0.177.